The molecule has 2 aliphatic carbocycles. The van der Waals surface area contributed by atoms with E-state index in [0.29, 0.717) is 11.8 Å². The first kappa shape index (κ1) is 10.4. The normalized spacial score (nSPS) is 20.6. The third kappa shape index (κ3) is 2.30. The number of hydrogen-bond donors (Lipinski definition) is 2. The van der Waals surface area contributed by atoms with Gasteiger partial charge in [0, 0.05) is 6.04 Å². The Kier molecular flexibility index (Phi) is 2.74. The van der Waals surface area contributed by atoms with Crippen molar-refractivity contribution in [2.45, 2.75) is 44.9 Å². The molecule has 3 rings (SSSR count). The predicted molar refractivity (Wildman–Crippen MR) is 60.7 cm³/mol. The molecule has 0 aromatic carbocycles. The average molecular weight is 221 g/mol. The minimum atomic E-state index is -0.00528. The highest BCUT2D eigenvalue weighted by Crippen LogP contribution is 2.44. The molecule has 0 saturated heterocycles. The minimum Gasteiger partial charge on any atom is -0.462 e. The molecule has 2 saturated carbocycles. The summed E-state index contributed by atoms with van der Waals surface area (Å²) < 4.78 is 5.47. The third-order valence-electron chi connectivity index (χ3n) is 3.64. The molecule has 0 aliphatic heterocycles. The van der Waals surface area contributed by atoms with Crippen molar-refractivity contribution in [3.05, 3.63) is 23.7 Å². The van der Waals surface area contributed by atoms with Crippen LogP contribution in [0.5, 0.6) is 0 Å². The van der Waals surface area contributed by atoms with Crippen LogP contribution < -0.4 is 5.32 Å². The number of furan rings is 1. The van der Waals surface area contributed by atoms with E-state index in [-0.39, 0.29) is 6.61 Å². The van der Waals surface area contributed by atoms with Crippen molar-refractivity contribution >= 4 is 0 Å². The van der Waals surface area contributed by atoms with E-state index in [0.717, 1.165) is 24.1 Å². The Morgan fingerprint density at radius 2 is 1.81 bits per heavy atom. The summed E-state index contributed by atoms with van der Waals surface area (Å²) in [6, 6.07) is 4.51. The number of aliphatic hydroxyl groups excluding tert-OH is 1. The zero-order valence-electron chi connectivity index (χ0n) is 9.48. The molecular formula is C13H19NO2. The van der Waals surface area contributed by atoms with Gasteiger partial charge in [0.2, 0.25) is 0 Å². The van der Waals surface area contributed by atoms with Gasteiger partial charge in [0.25, 0.3) is 0 Å². The lowest BCUT2D eigenvalue weighted by Gasteiger charge is -2.16. The van der Waals surface area contributed by atoms with Crippen LogP contribution in [0.4, 0.5) is 0 Å². The van der Waals surface area contributed by atoms with Crippen molar-refractivity contribution in [2.75, 3.05) is 0 Å². The number of nitrogens with one attached hydrogen (secondary N) is 1. The van der Waals surface area contributed by atoms with Crippen LogP contribution in [0.25, 0.3) is 0 Å². The summed E-state index contributed by atoms with van der Waals surface area (Å²) in [6.07, 6.45) is 5.59. The molecule has 0 atom stereocenters. The second-order valence-corrected chi connectivity index (χ2v) is 5.11. The summed E-state index contributed by atoms with van der Waals surface area (Å²) in [5.41, 5.74) is 0. The molecule has 0 unspecified atom stereocenters. The van der Waals surface area contributed by atoms with Crippen molar-refractivity contribution in [2.24, 2.45) is 11.8 Å². The maximum Gasteiger partial charge on any atom is 0.129 e. The first-order valence-corrected chi connectivity index (χ1v) is 6.28. The molecule has 0 radical (unpaired) electrons. The van der Waals surface area contributed by atoms with Gasteiger partial charge in [0.15, 0.2) is 0 Å². The molecular weight excluding hydrogens is 202 g/mol. The van der Waals surface area contributed by atoms with Crippen LogP contribution in [0.2, 0.25) is 0 Å². The maximum absolute atomic E-state index is 8.91. The highest BCUT2D eigenvalue weighted by atomic mass is 16.4. The van der Waals surface area contributed by atoms with Crippen LogP contribution in [0, 0.1) is 11.8 Å². The predicted octanol–water partition coefficient (Wildman–Crippen LogP) is 2.05. The van der Waals surface area contributed by atoms with Gasteiger partial charge >= 0.3 is 0 Å². The van der Waals surface area contributed by atoms with Gasteiger partial charge in [0.05, 0.1) is 6.54 Å². The van der Waals surface area contributed by atoms with Crippen molar-refractivity contribution in [1.29, 1.82) is 0 Å². The molecule has 0 spiro atoms. The fraction of sp³-hybridized carbons (Fsp3) is 0.692. The Morgan fingerprint density at radius 3 is 2.31 bits per heavy atom. The Hall–Kier alpha value is -0.800. The smallest absolute Gasteiger partial charge is 0.129 e. The van der Waals surface area contributed by atoms with Crippen LogP contribution >= 0.6 is 0 Å². The van der Waals surface area contributed by atoms with E-state index in [2.05, 4.69) is 5.32 Å². The summed E-state index contributed by atoms with van der Waals surface area (Å²) in [5.74, 6) is 3.43. The molecule has 2 fully saturated rings. The zero-order valence-corrected chi connectivity index (χ0v) is 9.48. The van der Waals surface area contributed by atoms with E-state index in [4.69, 9.17) is 9.52 Å². The van der Waals surface area contributed by atoms with E-state index in [1.807, 2.05) is 12.1 Å². The van der Waals surface area contributed by atoms with E-state index in [1.54, 1.807) is 0 Å². The van der Waals surface area contributed by atoms with E-state index in [9.17, 15) is 0 Å². The van der Waals surface area contributed by atoms with Gasteiger partial charge in [-0.3, -0.25) is 0 Å². The van der Waals surface area contributed by atoms with Gasteiger partial charge in [-0.2, -0.15) is 0 Å². The zero-order chi connectivity index (χ0) is 11.0. The van der Waals surface area contributed by atoms with Gasteiger partial charge in [-0.05, 0) is 49.7 Å². The molecule has 1 aromatic rings. The number of rotatable bonds is 6. The molecule has 3 nitrogen and oxygen atoms in total. The SMILES string of the molecule is OCc1ccc(CNC(C2CC2)C2CC2)o1. The number of aliphatic hydroxyl groups is 1. The van der Waals surface area contributed by atoms with Crippen LogP contribution in [0.1, 0.15) is 37.2 Å². The van der Waals surface area contributed by atoms with Crippen molar-refractivity contribution in [3.63, 3.8) is 0 Å². The fourth-order valence-electron chi connectivity index (χ4n) is 2.45. The van der Waals surface area contributed by atoms with E-state index in [1.165, 1.54) is 25.7 Å². The van der Waals surface area contributed by atoms with Gasteiger partial charge in [0.1, 0.15) is 18.1 Å². The van der Waals surface area contributed by atoms with Crippen LogP contribution in [0.15, 0.2) is 16.5 Å². The topological polar surface area (TPSA) is 45.4 Å². The molecule has 0 bridgehead atoms. The maximum atomic E-state index is 8.91. The highest BCUT2D eigenvalue weighted by Gasteiger charge is 2.40. The summed E-state index contributed by atoms with van der Waals surface area (Å²) in [5, 5.41) is 12.5. The summed E-state index contributed by atoms with van der Waals surface area (Å²) >= 11 is 0. The quantitative estimate of drug-likeness (QED) is 0.772. The molecule has 1 heterocycles. The van der Waals surface area contributed by atoms with Crippen LogP contribution in [0.3, 0.4) is 0 Å². The van der Waals surface area contributed by atoms with E-state index < -0.39 is 0 Å². The van der Waals surface area contributed by atoms with Gasteiger partial charge < -0.3 is 14.8 Å². The second-order valence-electron chi connectivity index (χ2n) is 5.11. The van der Waals surface area contributed by atoms with Crippen LogP contribution in [-0.2, 0) is 13.2 Å². The lowest BCUT2D eigenvalue weighted by Crippen LogP contribution is -2.32. The molecule has 16 heavy (non-hydrogen) atoms. The molecule has 88 valence electrons. The molecule has 2 N–H and O–H groups in total. The molecule has 0 amide bonds. The first-order chi connectivity index (χ1) is 7.86. The van der Waals surface area contributed by atoms with Crippen molar-refractivity contribution in [1.82, 2.24) is 5.32 Å². The fourth-order valence-corrected chi connectivity index (χ4v) is 2.45. The Bertz CT molecular complexity index is 341. The summed E-state index contributed by atoms with van der Waals surface area (Å²) in [4.78, 5) is 0. The van der Waals surface area contributed by atoms with Crippen molar-refractivity contribution < 1.29 is 9.52 Å². The highest BCUT2D eigenvalue weighted by molar-refractivity contribution is 5.07. The second kappa shape index (κ2) is 4.22. The third-order valence-corrected chi connectivity index (χ3v) is 3.64. The summed E-state index contributed by atoms with van der Waals surface area (Å²) in [6.45, 7) is 0.798. The average Bonchev–Trinajstić information content (AvgIpc) is 3.20. The molecule has 2 aliphatic rings. The molecule has 1 aromatic heterocycles. The molecule has 3 heteroatoms. The summed E-state index contributed by atoms with van der Waals surface area (Å²) in [7, 11) is 0. The number of hydrogen-bond acceptors (Lipinski definition) is 3. The van der Waals surface area contributed by atoms with E-state index >= 15 is 0 Å². The van der Waals surface area contributed by atoms with Gasteiger partial charge in [-0.15, -0.1) is 0 Å². The van der Waals surface area contributed by atoms with Crippen molar-refractivity contribution in [3.8, 4) is 0 Å². The Labute approximate surface area is 95.8 Å². The monoisotopic (exact) mass is 221 g/mol. The van der Waals surface area contributed by atoms with Gasteiger partial charge in [-0.1, -0.05) is 0 Å². The van der Waals surface area contributed by atoms with Crippen LogP contribution in [-0.4, -0.2) is 11.1 Å². The Morgan fingerprint density at radius 1 is 1.19 bits per heavy atom. The standard InChI is InChI=1S/C13H19NO2/c15-8-12-6-5-11(16-12)7-14-13(9-1-2-9)10-3-4-10/h5-6,9-10,13-15H,1-4,7-8H2. The first-order valence-electron chi connectivity index (χ1n) is 6.28. The van der Waals surface area contributed by atoms with Gasteiger partial charge in [-0.25, -0.2) is 0 Å². The minimum absolute atomic E-state index is 0.00528. The Balaban J connectivity index is 1.53. The lowest BCUT2D eigenvalue weighted by atomic mass is 10.1. The lowest BCUT2D eigenvalue weighted by molar-refractivity contribution is 0.241. The largest absolute Gasteiger partial charge is 0.462 e.